The Labute approximate surface area is 183 Å². The van der Waals surface area contributed by atoms with Crippen molar-refractivity contribution in [1.29, 1.82) is 0 Å². The quantitative estimate of drug-likeness (QED) is 0.196. The number of carbonyl (C=O) groups is 1. The van der Waals surface area contributed by atoms with Crippen LogP contribution in [-0.2, 0) is 4.79 Å². The normalized spacial score (nSPS) is 10.9. The summed E-state index contributed by atoms with van der Waals surface area (Å²) in [5.74, 6) is -0.473. The number of rotatable bonds is 6. The molecule has 0 saturated carbocycles. The predicted octanol–water partition coefficient (Wildman–Crippen LogP) is 3.40. The summed E-state index contributed by atoms with van der Waals surface area (Å²) in [7, 11) is 0. The molecule has 0 aliphatic rings. The highest BCUT2D eigenvalue weighted by Crippen LogP contribution is 2.21. The molecule has 0 aliphatic heterocycles. The Morgan fingerprint density at radius 1 is 1.26 bits per heavy atom. The van der Waals surface area contributed by atoms with Crippen LogP contribution in [0.4, 0.5) is 11.4 Å². The average Bonchev–Trinajstić information content (AvgIpc) is 3.17. The van der Waals surface area contributed by atoms with Crippen LogP contribution in [0.15, 0.2) is 64.7 Å². The van der Waals surface area contributed by atoms with Gasteiger partial charge in [-0.3, -0.25) is 19.7 Å². The number of H-pyrrole nitrogens is 1. The van der Waals surface area contributed by atoms with E-state index in [9.17, 15) is 19.7 Å². The highest BCUT2D eigenvalue weighted by molar-refractivity contribution is 7.99. The number of amides is 1. The van der Waals surface area contributed by atoms with E-state index in [0.717, 1.165) is 11.8 Å². The van der Waals surface area contributed by atoms with Crippen LogP contribution in [0, 0.1) is 10.1 Å². The number of nitrogens with one attached hydrogen (secondary N) is 2. The molecule has 0 saturated heterocycles. The van der Waals surface area contributed by atoms with Gasteiger partial charge in [0.15, 0.2) is 10.8 Å². The van der Waals surface area contributed by atoms with Crippen molar-refractivity contribution in [2.24, 2.45) is 0 Å². The van der Waals surface area contributed by atoms with Crippen LogP contribution in [0.2, 0.25) is 5.02 Å². The topological polar surface area (TPSA) is 136 Å². The summed E-state index contributed by atoms with van der Waals surface area (Å²) >= 11 is 7.06. The number of halogens is 1. The lowest BCUT2D eigenvalue weighted by atomic mass is 10.3. The molecule has 0 unspecified atom stereocenters. The Morgan fingerprint density at radius 3 is 2.84 bits per heavy atom. The maximum absolute atomic E-state index is 12.4. The van der Waals surface area contributed by atoms with E-state index >= 15 is 0 Å². The van der Waals surface area contributed by atoms with Crippen molar-refractivity contribution in [3.05, 3.63) is 80.2 Å². The molecule has 0 atom stereocenters. The minimum absolute atomic E-state index is 0.0670. The number of nitro groups is 1. The predicted molar refractivity (Wildman–Crippen MR) is 117 cm³/mol. The summed E-state index contributed by atoms with van der Waals surface area (Å²) in [6.45, 7) is 0. The van der Waals surface area contributed by atoms with Gasteiger partial charge in [0.25, 0.3) is 11.2 Å². The molecule has 0 aliphatic carbocycles. The summed E-state index contributed by atoms with van der Waals surface area (Å²) in [6.07, 6.45) is 1.41. The molecule has 156 valence electrons. The fourth-order valence-corrected chi connectivity index (χ4v) is 3.63. The van der Waals surface area contributed by atoms with Gasteiger partial charge in [0, 0.05) is 22.8 Å². The van der Waals surface area contributed by atoms with E-state index < -0.39 is 10.8 Å². The van der Waals surface area contributed by atoms with Crippen molar-refractivity contribution < 1.29 is 9.72 Å². The molecule has 0 fully saturated rings. The largest absolute Gasteiger partial charge is 0.325 e. The second-order valence-electron chi connectivity index (χ2n) is 6.29. The number of aromatic amines is 1. The number of aromatic nitrogens is 4. The number of carbonyl (C=O) groups excluding carboxylic acids is 1. The zero-order valence-electron chi connectivity index (χ0n) is 15.6. The third-order valence-electron chi connectivity index (χ3n) is 4.15. The standard InChI is InChI=1S/C19H13ClN6O4S/c20-11-3-1-5-13(7-11)25-17-15(9-21-25)18(28)24-19(23-17)31-10-16(27)22-12-4-2-6-14(8-12)26(29)30/h1-9H,10H2,(H,22,27)(H,23,24,28). The van der Waals surface area contributed by atoms with Gasteiger partial charge in [-0.25, -0.2) is 9.67 Å². The number of hydrogen-bond donors (Lipinski definition) is 2. The van der Waals surface area contributed by atoms with E-state index in [-0.39, 0.29) is 22.2 Å². The molecule has 0 bridgehead atoms. The maximum Gasteiger partial charge on any atom is 0.271 e. The highest BCUT2D eigenvalue weighted by Gasteiger charge is 2.14. The van der Waals surface area contributed by atoms with Crippen LogP contribution < -0.4 is 10.9 Å². The fraction of sp³-hybridized carbons (Fsp3) is 0.0526. The van der Waals surface area contributed by atoms with Gasteiger partial charge >= 0.3 is 0 Å². The molecule has 0 radical (unpaired) electrons. The van der Waals surface area contributed by atoms with Crippen LogP contribution in [0.3, 0.4) is 0 Å². The van der Waals surface area contributed by atoms with Crippen molar-refractivity contribution in [2.45, 2.75) is 5.16 Å². The summed E-state index contributed by atoms with van der Waals surface area (Å²) in [5, 5.41) is 18.7. The van der Waals surface area contributed by atoms with Gasteiger partial charge in [0.05, 0.1) is 22.6 Å². The summed E-state index contributed by atoms with van der Waals surface area (Å²) in [6, 6.07) is 12.6. The van der Waals surface area contributed by atoms with Crippen molar-refractivity contribution >= 4 is 51.7 Å². The van der Waals surface area contributed by atoms with Crippen LogP contribution >= 0.6 is 23.4 Å². The Kier molecular flexibility index (Phi) is 5.69. The molecule has 4 aromatic rings. The first-order valence-corrected chi connectivity index (χ1v) is 10.2. The summed E-state index contributed by atoms with van der Waals surface area (Å²) in [5.41, 5.74) is 0.749. The lowest BCUT2D eigenvalue weighted by Crippen LogP contribution is -2.15. The smallest absolute Gasteiger partial charge is 0.271 e. The molecule has 2 aromatic carbocycles. The Balaban J connectivity index is 1.53. The Hall–Kier alpha value is -3.70. The zero-order chi connectivity index (χ0) is 22.0. The van der Waals surface area contributed by atoms with E-state index in [1.54, 1.807) is 30.3 Å². The number of nitro benzene ring substituents is 1. The first kappa shape index (κ1) is 20.6. The number of benzene rings is 2. The van der Waals surface area contributed by atoms with Gasteiger partial charge in [-0.2, -0.15) is 5.10 Å². The van der Waals surface area contributed by atoms with E-state index in [1.807, 2.05) is 0 Å². The second kappa shape index (κ2) is 8.58. The van der Waals surface area contributed by atoms with Crippen molar-refractivity contribution in [1.82, 2.24) is 19.7 Å². The molecule has 0 spiro atoms. The number of hydrogen-bond acceptors (Lipinski definition) is 7. The van der Waals surface area contributed by atoms with Crippen LogP contribution in [0.1, 0.15) is 0 Å². The van der Waals surface area contributed by atoms with Crippen molar-refractivity contribution in [2.75, 3.05) is 11.1 Å². The van der Waals surface area contributed by atoms with Crippen LogP contribution in [-0.4, -0.2) is 36.3 Å². The molecule has 12 heteroatoms. The number of thioether (sulfide) groups is 1. The SMILES string of the molecule is O=C(CSc1nc2c(cnn2-c2cccc(Cl)c2)c(=O)[nH]1)Nc1cccc([N+](=O)[O-])c1. The minimum Gasteiger partial charge on any atom is -0.325 e. The van der Waals surface area contributed by atoms with E-state index in [4.69, 9.17) is 11.6 Å². The van der Waals surface area contributed by atoms with E-state index in [2.05, 4.69) is 20.4 Å². The van der Waals surface area contributed by atoms with Gasteiger partial charge in [-0.05, 0) is 24.3 Å². The first-order valence-electron chi connectivity index (χ1n) is 8.82. The molecule has 31 heavy (non-hydrogen) atoms. The third-order valence-corrected chi connectivity index (χ3v) is 5.26. The number of anilines is 1. The van der Waals surface area contributed by atoms with Gasteiger partial charge in [0.2, 0.25) is 5.91 Å². The highest BCUT2D eigenvalue weighted by atomic mass is 35.5. The number of nitrogens with zero attached hydrogens (tertiary/aromatic N) is 4. The molecular formula is C19H13ClN6O4S. The lowest BCUT2D eigenvalue weighted by molar-refractivity contribution is -0.384. The molecule has 1 amide bonds. The number of non-ortho nitro benzene ring substituents is 1. The van der Waals surface area contributed by atoms with Gasteiger partial charge in [-0.1, -0.05) is 35.5 Å². The first-order chi connectivity index (χ1) is 14.9. The summed E-state index contributed by atoms with van der Waals surface area (Å²) in [4.78, 5) is 42.0. The maximum atomic E-state index is 12.4. The van der Waals surface area contributed by atoms with Gasteiger partial charge < -0.3 is 10.3 Å². The van der Waals surface area contributed by atoms with Crippen LogP contribution in [0.25, 0.3) is 16.7 Å². The zero-order valence-corrected chi connectivity index (χ0v) is 17.2. The van der Waals surface area contributed by atoms with Gasteiger partial charge in [-0.15, -0.1) is 0 Å². The third kappa shape index (κ3) is 4.57. The van der Waals surface area contributed by atoms with E-state index in [0.29, 0.717) is 27.4 Å². The molecular weight excluding hydrogens is 444 g/mol. The van der Waals surface area contributed by atoms with Crippen LogP contribution in [0.5, 0.6) is 0 Å². The number of fused-ring (bicyclic) bond motifs is 1. The van der Waals surface area contributed by atoms with Crippen molar-refractivity contribution in [3.8, 4) is 5.69 Å². The second-order valence-corrected chi connectivity index (χ2v) is 7.69. The average molecular weight is 457 g/mol. The van der Waals surface area contributed by atoms with E-state index in [1.165, 1.54) is 29.1 Å². The molecule has 2 N–H and O–H groups in total. The summed E-state index contributed by atoms with van der Waals surface area (Å²) < 4.78 is 1.49. The van der Waals surface area contributed by atoms with Crippen molar-refractivity contribution in [3.63, 3.8) is 0 Å². The minimum atomic E-state index is -0.544. The Morgan fingerprint density at radius 2 is 2.06 bits per heavy atom. The lowest BCUT2D eigenvalue weighted by Gasteiger charge is -2.06. The molecule has 4 rings (SSSR count). The Bertz CT molecular complexity index is 1370. The molecule has 2 aromatic heterocycles. The molecule has 10 nitrogen and oxygen atoms in total. The van der Waals surface area contributed by atoms with Gasteiger partial charge in [0.1, 0.15) is 5.39 Å². The molecule has 2 heterocycles. The monoisotopic (exact) mass is 456 g/mol. The fourth-order valence-electron chi connectivity index (χ4n) is 2.79.